The number of hydrogen-bond acceptors (Lipinski definition) is 7. The zero-order valence-corrected chi connectivity index (χ0v) is 23.6. The highest BCUT2D eigenvalue weighted by molar-refractivity contribution is 8.01. The Bertz CT molecular complexity index is 1270. The number of cyclic esters (lactones) is 1. The topological polar surface area (TPSA) is 82.3 Å². The van der Waals surface area contributed by atoms with Crippen molar-refractivity contribution in [2.24, 2.45) is 5.92 Å². The molecule has 2 heterocycles. The number of benzene rings is 2. The van der Waals surface area contributed by atoms with E-state index in [1.54, 1.807) is 0 Å². The predicted molar refractivity (Wildman–Crippen MR) is 152 cm³/mol. The van der Waals surface area contributed by atoms with Crippen molar-refractivity contribution in [2.45, 2.75) is 93.3 Å². The summed E-state index contributed by atoms with van der Waals surface area (Å²) in [6, 6.07) is 14.4. The second kappa shape index (κ2) is 10.4. The van der Waals surface area contributed by atoms with E-state index in [1.165, 1.54) is 35.1 Å². The number of nitrogens with zero attached hydrogens (tertiary/aromatic N) is 1. The molecule has 0 spiro atoms. The van der Waals surface area contributed by atoms with Gasteiger partial charge in [0.25, 0.3) is 0 Å². The smallest absolute Gasteiger partial charge is 0.327 e. The van der Waals surface area contributed by atoms with E-state index in [1.807, 2.05) is 24.3 Å². The van der Waals surface area contributed by atoms with Crippen LogP contribution in [0.25, 0.3) is 10.2 Å². The number of aryl methyl sites for hydroxylation is 1. The van der Waals surface area contributed by atoms with Crippen LogP contribution in [-0.4, -0.2) is 27.6 Å². The highest BCUT2D eigenvalue weighted by atomic mass is 32.2. The van der Waals surface area contributed by atoms with Crippen molar-refractivity contribution in [3.8, 4) is 0 Å². The Morgan fingerprint density at radius 2 is 1.84 bits per heavy atom. The summed E-state index contributed by atoms with van der Waals surface area (Å²) in [5, 5.41) is -0.335. The molecular weight excluding hydrogens is 500 g/mol. The summed E-state index contributed by atoms with van der Waals surface area (Å²) in [7, 11) is 0. The Kier molecular flexibility index (Phi) is 7.38. The molecule has 2 aliphatic rings. The fourth-order valence-corrected chi connectivity index (χ4v) is 8.03. The number of anilines is 1. The number of hydrogen-bond donors (Lipinski definition) is 1. The first-order chi connectivity index (χ1) is 17.6. The SMILES string of the molecule is CC(C)(C)c1cc2nc(N)sc2cc1SC1C(=O)C[C@@](CCc2ccccc2)(C2CCCCC2)OC1=O. The largest absolute Gasteiger partial charge is 0.457 e. The molecule has 2 N–H and O–H groups in total. The number of nitrogen functional groups attached to an aromatic ring is 1. The number of carbonyl (C=O) groups is 2. The number of aromatic nitrogens is 1. The molecule has 0 amide bonds. The van der Waals surface area contributed by atoms with Gasteiger partial charge in [-0.05, 0) is 60.3 Å². The molecule has 196 valence electrons. The van der Waals surface area contributed by atoms with Crippen molar-refractivity contribution >= 4 is 50.2 Å². The van der Waals surface area contributed by atoms with Crippen molar-refractivity contribution in [2.75, 3.05) is 5.73 Å². The van der Waals surface area contributed by atoms with Crippen LogP contribution in [0.4, 0.5) is 5.13 Å². The zero-order valence-electron chi connectivity index (χ0n) is 21.9. The maximum Gasteiger partial charge on any atom is 0.327 e. The van der Waals surface area contributed by atoms with E-state index in [4.69, 9.17) is 10.5 Å². The fourth-order valence-electron chi connectivity index (χ4n) is 5.91. The predicted octanol–water partition coefficient (Wildman–Crippen LogP) is 7.10. The van der Waals surface area contributed by atoms with Gasteiger partial charge in [-0.3, -0.25) is 9.59 Å². The van der Waals surface area contributed by atoms with Crippen LogP contribution in [0.5, 0.6) is 0 Å². The number of esters is 1. The number of ether oxygens (including phenoxy) is 1. The lowest BCUT2D eigenvalue weighted by atomic mass is 9.70. The third-order valence-electron chi connectivity index (χ3n) is 7.87. The molecule has 5 nitrogen and oxygen atoms in total. The molecule has 7 heteroatoms. The third kappa shape index (κ3) is 5.58. The van der Waals surface area contributed by atoms with E-state index in [0.717, 1.165) is 52.8 Å². The van der Waals surface area contributed by atoms with Gasteiger partial charge in [0.2, 0.25) is 0 Å². The molecule has 1 unspecified atom stereocenters. The van der Waals surface area contributed by atoms with E-state index in [0.29, 0.717) is 18.0 Å². The first kappa shape index (κ1) is 26.2. The Morgan fingerprint density at radius 3 is 2.51 bits per heavy atom. The average molecular weight is 537 g/mol. The highest BCUT2D eigenvalue weighted by Crippen LogP contribution is 2.46. The van der Waals surface area contributed by atoms with Crippen molar-refractivity contribution in [1.29, 1.82) is 0 Å². The van der Waals surface area contributed by atoms with Gasteiger partial charge in [0.1, 0.15) is 5.60 Å². The van der Waals surface area contributed by atoms with E-state index in [2.05, 4.69) is 44.0 Å². The molecule has 1 saturated carbocycles. The number of Topliss-reactive ketones (excluding diaryl/α,β-unsaturated/α-hetero) is 1. The molecule has 2 aromatic carbocycles. The number of thiazole rings is 1. The highest BCUT2D eigenvalue weighted by Gasteiger charge is 2.51. The van der Waals surface area contributed by atoms with Crippen molar-refractivity contribution in [3.05, 3.63) is 53.6 Å². The molecule has 0 bridgehead atoms. The Labute approximate surface area is 227 Å². The number of fused-ring (bicyclic) bond motifs is 1. The number of ketones is 1. The first-order valence-corrected chi connectivity index (χ1v) is 15.0. The number of nitrogens with two attached hydrogens (primary N) is 1. The summed E-state index contributed by atoms with van der Waals surface area (Å²) in [4.78, 5) is 32.7. The van der Waals surface area contributed by atoms with Crippen LogP contribution in [0.2, 0.25) is 0 Å². The lowest BCUT2D eigenvalue weighted by molar-refractivity contribution is -0.179. The summed E-state index contributed by atoms with van der Waals surface area (Å²) in [5.74, 6) is -0.155. The molecule has 1 aliphatic carbocycles. The van der Waals surface area contributed by atoms with E-state index < -0.39 is 10.9 Å². The quantitative estimate of drug-likeness (QED) is 0.267. The minimum atomic E-state index is -0.850. The molecule has 3 aromatic rings. The molecule has 5 rings (SSSR count). The molecule has 1 saturated heterocycles. The van der Waals surface area contributed by atoms with E-state index >= 15 is 0 Å². The van der Waals surface area contributed by atoms with Crippen LogP contribution in [0, 0.1) is 5.92 Å². The van der Waals surface area contributed by atoms with E-state index in [-0.39, 0.29) is 23.1 Å². The summed E-state index contributed by atoms with van der Waals surface area (Å²) in [5.41, 5.74) is 8.21. The maximum atomic E-state index is 13.8. The monoisotopic (exact) mass is 536 g/mol. The zero-order chi connectivity index (χ0) is 26.2. The van der Waals surface area contributed by atoms with Gasteiger partial charge in [-0.15, -0.1) is 11.8 Å². The summed E-state index contributed by atoms with van der Waals surface area (Å²) < 4.78 is 7.36. The molecule has 0 radical (unpaired) electrons. The molecule has 2 atom stereocenters. The normalized spacial score (nSPS) is 23.4. The molecular formula is C30H36N2O3S2. The lowest BCUT2D eigenvalue weighted by Crippen LogP contribution is -2.53. The van der Waals surface area contributed by atoms with Gasteiger partial charge < -0.3 is 10.5 Å². The van der Waals surface area contributed by atoms with Crippen molar-refractivity contribution in [3.63, 3.8) is 0 Å². The summed E-state index contributed by atoms with van der Waals surface area (Å²) in [6.07, 6.45) is 7.31. The number of thioether (sulfide) groups is 1. The van der Waals surface area contributed by atoms with Gasteiger partial charge in [0.05, 0.1) is 10.2 Å². The molecule has 1 aromatic heterocycles. The first-order valence-electron chi connectivity index (χ1n) is 13.3. The molecule has 2 fully saturated rings. The summed E-state index contributed by atoms with van der Waals surface area (Å²) >= 11 is 2.76. The third-order valence-corrected chi connectivity index (χ3v) is 10.0. The Balaban J connectivity index is 1.42. The minimum Gasteiger partial charge on any atom is -0.457 e. The summed E-state index contributed by atoms with van der Waals surface area (Å²) in [6.45, 7) is 6.39. The van der Waals surface area contributed by atoms with Gasteiger partial charge >= 0.3 is 5.97 Å². The standard InChI is InChI=1S/C30H36N2O3S2/c1-29(2,3)21-16-22-25(37-28(31)32-22)17-24(21)36-26-23(33)18-30(35-27(26)34,20-12-8-5-9-13-20)15-14-19-10-6-4-7-11-19/h4,6-7,10-11,16-17,20,26H,5,8-9,12-15,18H2,1-3H3,(H2,31,32)/t26?,30-/m0/s1. The average Bonchev–Trinajstić information content (AvgIpc) is 3.24. The van der Waals surface area contributed by atoms with Crippen molar-refractivity contribution in [1.82, 2.24) is 4.98 Å². The second-order valence-corrected chi connectivity index (χ2v) is 13.8. The second-order valence-electron chi connectivity index (χ2n) is 11.6. The molecule has 37 heavy (non-hydrogen) atoms. The van der Waals surface area contributed by atoms with E-state index in [9.17, 15) is 9.59 Å². The fraction of sp³-hybridized carbons (Fsp3) is 0.500. The van der Waals surface area contributed by atoms with Gasteiger partial charge in [0, 0.05) is 11.3 Å². The number of carbonyl (C=O) groups excluding carboxylic acids is 2. The van der Waals surface area contributed by atoms with Crippen LogP contribution < -0.4 is 5.73 Å². The Morgan fingerprint density at radius 1 is 1.11 bits per heavy atom. The van der Waals surface area contributed by atoms with Crippen LogP contribution in [0.3, 0.4) is 0 Å². The van der Waals surface area contributed by atoms with Gasteiger partial charge in [0.15, 0.2) is 16.2 Å². The van der Waals surface area contributed by atoms with Crippen LogP contribution in [-0.2, 0) is 26.2 Å². The van der Waals surface area contributed by atoms with Crippen molar-refractivity contribution < 1.29 is 14.3 Å². The van der Waals surface area contributed by atoms with Crippen LogP contribution >= 0.6 is 23.1 Å². The van der Waals surface area contributed by atoms with Gasteiger partial charge in [-0.2, -0.15) is 0 Å². The van der Waals surface area contributed by atoms with Gasteiger partial charge in [-0.1, -0.05) is 81.7 Å². The van der Waals surface area contributed by atoms with Crippen LogP contribution in [0.15, 0.2) is 47.4 Å². The minimum absolute atomic E-state index is 0.0105. The maximum absolute atomic E-state index is 13.8. The van der Waals surface area contributed by atoms with Gasteiger partial charge in [-0.25, -0.2) is 4.98 Å². The Hall–Kier alpha value is -2.38. The molecule has 1 aliphatic heterocycles. The number of rotatable bonds is 6. The van der Waals surface area contributed by atoms with Crippen LogP contribution in [0.1, 0.15) is 76.8 Å². The lowest BCUT2D eigenvalue weighted by Gasteiger charge is -2.45.